The fourth-order valence-electron chi connectivity index (χ4n) is 1.03. The minimum absolute atomic E-state index is 0.00491. The number of carbonyl (C=O) groups is 1. The normalized spacial score (nSPS) is 12.6. The summed E-state index contributed by atoms with van der Waals surface area (Å²) in [6, 6.07) is 1.95. The highest BCUT2D eigenvalue weighted by Gasteiger charge is 2.26. The first-order valence-electron chi connectivity index (χ1n) is 3.76. The van der Waals surface area contributed by atoms with Crippen molar-refractivity contribution in [3.05, 3.63) is 34.9 Å². The maximum absolute atomic E-state index is 13.1. The maximum Gasteiger partial charge on any atom is 0.343 e. The van der Waals surface area contributed by atoms with Crippen LogP contribution in [-0.4, -0.2) is 11.1 Å². The van der Waals surface area contributed by atoms with Crippen molar-refractivity contribution in [3.8, 4) is 0 Å². The number of hydrogen-bond donors (Lipinski definition) is 1. The van der Waals surface area contributed by atoms with E-state index in [1.54, 1.807) is 0 Å². The molecule has 0 amide bonds. The topological polar surface area (TPSA) is 37.3 Å². The van der Waals surface area contributed by atoms with Crippen LogP contribution in [0.2, 0.25) is 0 Å². The first-order chi connectivity index (χ1) is 6.45. The lowest BCUT2D eigenvalue weighted by molar-refractivity contribution is -0.143. The van der Waals surface area contributed by atoms with Crippen LogP contribution in [-0.2, 0) is 4.79 Å². The summed E-state index contributed by atoms with van der Waals surface area (Å²) >= 11 is 0. The average molecular weight is 204 g/mol. The smallest absolute Gasteiger partial charge is 0.343 e. The van der Waals surface area contributed by atoms with E-state index in [9.17, 15) is 18.0 Å². The van der Waals surface area contributed by atoms with Crippen molar-refractivity contribution in [2.24, 2.45) is 0 Å². The summed E-state index contributed by atoms with van der Waals surface area (Å²) in [5.74, 6) is -4.25. The van der Waals surface area contributed by atoms with Crippen LogP contribution in [0.1, 0.15) is 17.3 Å². The summed E-state index contributed by atoms with van der Waals surface area (Å²) in [6.07, 6.45) is -2.67. The van der Waals surface area contributed by atoms with Crippen LogP contribution in [0.3, 0.4) is 0 Å². The van der Waals surface area contributed by atoms with Gasteiger partial charge in [0, 0.05) is 0 Å². The van der Waals surface area contributed by atoms with E-state index in [0.29, 0.717) is 0 Å². The zero-order valence-electron chi connectivity index (χ0n) is 7.22. The molecule has 0 aliphatic rings. The Morgan fingerprint density at radius 1 is 1.43 bits per heavy atom. The first-order valence-corrected chi connectivity index (χ1v) is 3.76. The molecule has 1 aromatic rings. The summed E-state index contributed by atoms with van der Waals surface area (Å²) in [7, 11) is 0. The number of carboxylic acid groups (broad SMARTS) is 1. The minimum Gasteiger partial charge on any atom is -0.479 e. The van der Waals surface area contributed by atoms with Crippen LogP contribution in [0, 0.1) is 18.6 Å². The van der Waals surface area contributed by atoms with E-state index in [-0.39, 0.29) is 5.56 Å². The molecule has 14 heavy (non-hydrogen) atoms. The predicted molar refractivity (Wildman–Crippen MR) is 42.6 cm³/mol. The van der Waals surface area contributed by atoms with E-state index in [1.165, 1.54) is 6.92 Å². The molecular formula is C9H7F3O2. The molecular weight excluding hydrogens is 197 g/mol. The number of hydrogen-bond acceptors (Lipinski definition) is 1. The van der Waals surface area contributed by atoms with Gasteiger partial charge in [0.05, 0.1) is 5.56 Å². The third kappa shape index (κ3) is 1.71. The number of aliphatic carboxylic acids is 1. The molecule has 1 aromatic carbocycles. The second kappa shape index (κ2) is 3.69. The fourth-order valence-corrected chi connectivity index (χ4v) is 1.03. The van der Waals surface area contributed by atoms with Crippen molar-refractivity contribution in [2.75, 3.05) is 0 Å². The second-order valence-corrected chi connectivity index (χ2v) is 2.79. The standard InChI is InChI=1S/C9H7F3O2/c1-4-2-3-5(10)6(7(4)11)8(12)9(13)14/h2-3,8H,1H3,(H,13,14). The molecule has 0 heterocycles. The molecule has 76 valence electrons. The van der Waals surface area contributed by atoms with Crippen molar-refractivity contribution in [1.29, 1.82) is 0 Å². The van der Waals surface area contributed by atoms with E-state index >= 15 is 0 Å². The number of alkyl halides is 1. The molecule has 1 unspecified atom stereocenters. The number of aryl methyl sites for hydroxylation is 1. The largest absolute Gasteiger partial charge is 0.479 e. The Labute approximate surface area is 78.0 Å². The highest BCUT2D eigenvalue weighted by atomic mass is 19.2. The Morgan fingerprint density at radius 2 is 2.00 bits per heavy atom. The minimum atomic E-state index is -2.67. The molecule has 0 radical (unpaired) electrons. The zero-order chi connectivity index (χ0) is 10.9. The Hall–Kier alpha value is -1.52. The molecule has 0 saturated carbocycles. The van der Waals surface area contributed by atoms with E-state index < -0.39 is 29.3 Å². The maximum atomic E-state index is 13.1. The SMILES string of the molecule is Cc1ccc(F)c(C(F)C(=O)O)c1F. The molecule has 0 fully saturated rings. The molecule has 0 aliphatic heterocycles. The Morgan fingerprint density at radius 3 is 2.50 bits per heavy atom. The van der Waals surface area contributed by atoms with Gasteiger partial charge in [0.2, 0.25) is 6.17 Å². The van der Waals surface area contributed by atoms with Gasteiger partial charge in [-0.1, -0.05) is 6.07 Å². The third-order valence-corrected chi connectivity index (χ3v) is 1.79. The lowest BCUT2D eigenvalue weighted by Gasteiger charge is -2.07. The number of carboxylic acids is 1. The van der Waals surface area contributed by atoms with Gasteiger partial charge in [-0.2, -0.15) is 0 Å². The molecule has 1 atom stereocenters. The van der Waals surface area contributed by atoms with Gasteiger partial charge in [-0.25, -0.2) is 18.0 Å². The lowest BCUT2D eigenvalue weighted by atomic mass is 10.1. The van der Waals surface area contributed by atoms with E-state index in [4.69, 9.17) is 5.11 Å². The number of benzene rings is 1. The Balaban J connectivity index is 3.32. The highest BCUT2D eigenvalue weighted by Crippen LogP contribution is 2.25. The van der Waals surface area contributed by atoms with Gasteiger partial charge < -0.3 is 5.11 Å². The van der Waals surface area contributed by atoms with Gasteiger partial charge in [-0.3, -0.25) is 0 Å². The molecule has 0 saturated heterocycles. The monoisotopic (exact) mass is 204 g/mol. The van der Waals surface area contributed by atoms with Crippen LogP contribution >= 0.6 is 0 Å². The van der Waals surface area contributed by atoms with Gasteiger partial charge >= 0.3 is 5.97 Å². The molecule has 0 aromatic heterocycles. The van der Waals surface area contributed by atoms with E-state index in [1.807, 2.05) is 0 Å². The van der Waals surface area contributed by atoms with Gasteiger partial charge in [0.25, 0.3) is 0 Å². The summed E-state index contributed by atoms with van der Waals surface area (Å²) in [6.45, 7) is 1.30. The van der Waals surface area contributed by atoms with Crippen molar-refractivity contribution < 1.29 is 23.1 Å². The number of halogens is 3. The third-order valence-electron chi connectivity index (χ3n) is 1.79. The van der Waals surface area contributed by atoms with E-state index in [0.717, 1.165) is 12.1 Å². The number of rotatable bonds is 2. The summed E-state index contributed by atoms with van der Waals surface area (Å²) in [5, 5.41) is 8.27. The fraction of sp³-hybridized carbons (Fsp3) is 0.222. The molecule has 0 spiro atoms. The quantitative estimate of drug-likeness (QED) is 0.802. The Kier molecular flexibility index (Phi) is 2.78. The van der Waals surface area contributed by atoms with Crippen LogP contribution in [0.15, 0.2) is 12.1 Å². The van der Waals surface area contributed by atoms with Crippen LogP contribution in [0.25, 0.3) is 0 Å². The van der Waals surface area contributed by atoms with Crippen LogP contribution in [0.4, 0.5) is 13.2 Å². The predicted octanol–water partition coefficient (Wildman–Crippen LogP) is 2.37. The Bertz CT molecular complexity index is 377. The van der Waals surface area contributed by atoms with Crippen molar-refractivity contribution in [3.63, 3.8) is 0 Å². The van der Waals surface area contributed by atoms with Crippen molar-refractivity contribution in [1.82, 2.24) is 0 Å². The van der Waals surface area contributed by atoms with Crippen LogP contribution in [0.5, 0.6) is 0 Å². The highest BCUT2D eigenvalue weighted by molar-refractivity contribution is 5.74. The summed E-state index contributed by atoms with van der Waals surface area (Å²) in [4.78, 5) is 10.2. The van der Waals surface area contributed by atoms with Crippen molar-refractivity contribution >= 4 is 5.97 Å². The zero-order valence-corrected chi connectivity index (χ0v) is 7.22. The summed E-state index contributed by atoms with van der Waals surface area (Å²) < 4.78 is 38.9. The van der Waals surface area contributed by atoms with Gasteiger partial charge in [0.1, 0.15) is 11.6 Å². The summed E-state index contributed by atoms with van der Waals surface area (Å²) in [5.41, 5.74) is -1.04. The lowest BCUT2D eigenvalue weighted by Crippen LogP contribution is -2.11. The molecule has 0 aliphatic carbocycles. The van der Waals surface area contributed by atoms with Crippen LogP contribution < -0.4 is 0 Å². The molecule has 2 nitrogen and oxygen atoms in total. The average Bonchev–Trinajstić information content (AvgIpc) is 2.12. The van der Waals surface area contributed by atoms with Gasteiger partial charge in [-0.15, -0.1) is 0 Å². The van der Waals surface area contributed by atoms with Gasteiger partial charge in [0.15, 0.2) is 0 Å². The molecule has 0 bridgehead atoms. The van der Waals surface area contributed by atoms with Crippen molar-refractivity contribution in [2.45, 2.75) is 13.1 Å². The second-order valence-electron chi connectivity index (χ2n) is 2.79. The van der Waals surface area contributed by atoms with E-state index in [2.05, 4.69) is 0 Å². The molecule has 1 N–H and O–H groups in total. The van der Waals surface area contributed by atoms with Gasteiger partial charge in [-0.05, 0) is 18.6 Å². The molecule has 5 heteroatoms. The first kappa shape index (κ1) is 10.6. The molecule has 1 rings (SSSR count).